The van der Waals surface area contributed by atoms with E-state index in [-0.39, 0.29) is 17.3 Å². The number of nitrogens with one attached hydrogen (secondary N) is 2. The molecule has 0 bridgehead atoms. The number of rotatable bonds is 8. The Balaban J connectivity index is 1.58. The van der Waals surface area contributed by atoms with Crippen LogP contribution in [0.5, 0.6) is 11.5 Å². The lowest BCUT2D eigenvalue weighted by Gasteiger charge is -2.26. The first-order chi connectivity index (χ1) is 16.3. The first-order valence-electron chi connectivity index (χ1n) is 11.2. The molecular weight excluding hydrogens is 456 g/mol. The molecule has 0 aliphatic carbocycles. The van der Waals surface area contributed by atoms with Gasteiger partial charge in [-0.1, -0.05) is 23.7 Å². The third-order valence-corrected chi connectivity index (χ3v) is 7.35. The summed E-state index contributed by atoms with van der Waals surface area (Å²) < 4.78 is 38.9. The fourth-order valence-electron chi connectivity index (χ4n) is 3.74. The molecule has 1 saturated heterocycles. The monoisotopic (exact) mass is 484 g/mol. The highest BCUT2D eigenvalue weighted by Gasteiger charge is 2.27. The third kappa shape index (κ3) is 5.75. The Morgan fingerprint density at radius 2 is 1.88 bits per heavy atom. The zero-order valence-electron chi connectivity index (χ0n) is 19.2. The number of carbonyl (C=O) groups excluding carboxylic acids is 1. The molecule has 9 nitrogen and oxygen atoms in total. The van der Waals surface area contributed by atoms with E-state index in [0.29, 0.717) is 41.9 Å². The maximum atomic E-state index is 13.2. The van der Waals surface area contributed by atoms with E-state index in [9.17, 15) is 13.2 Å². The van der Waals surface area contributed by atoms with Gasteiger partial charge in [-0.3, -0.25) is 4.79 Å². The Bertz CT molecular complexity index is 1270. The van der Waals surface area contributed by atoms with Crippen LogP contribution in [0.1, 0.15) is 30.6 Å². The molecule has 1 aromatic heterocycles. The van der Waals surface area contributed by atoms with Crippen LogP contribution in [0.3, 0.4) is 0 Å². The average molecular weight is 485 g/mol. The predicted octanol–water partition coefficient (Wildman–Crippen LogP) is 4.31. The minimum absolute atomic E-state index is 0.122. The number of ether oxygens (including phenoxy) is 1. The number of benzene rings is 2. The molecule has 0 saturated carbocycles. The average Bonchev–Trinajstić information content (AvgIpc) is 3.23. The molecule has 10 heteroatoms. The topological polar surface area (TPSA) is 114 Å². The second-order valence-electron chi connectivity index (χ2n) is 8.27. The SMILES string of the molecule is Cc1cccc(Oc2ccc(S(=O)(=O)N3CCCCC3)cc2NCC(=O)Nc2cc(C)on2)c1. The Hall–Kier alpha value is -3.37. The molecule has 1 aliphatic rings. The van der Waals surface area contributed by atoms with Crippen molar-refractivity contribution in [3.8, 4) is 11.5 Å². The maximum absolute atomic E-state index is 13.2. The van der Waals surface area contributed by atoms with Crippen LogP contribution in [0.2, 0.25) is 0 Å². The largest absolute Gasteiger partial charge is 0.455 e. The highest BCUT2D eigenvalue weighted by atomic mass is 32.2. The van der Waals surface area contributed by atoms with Gasteiger partial charge in [0, 0.05) is 19.2 Å². The minimum Gasteiger partial charge on any atom is -0.455 e. The van der Waals surface area contributed by atoms with Gasteiger partial charge >= 0.3 is 0 Å². The lowest BCUT2D eigenvalue weighted by atomic mass is 10.2. The maximum Gasteiger partial charge on any atom is 0.244 e. The second kappa shape index (κ2) is 10.3. The van der Waals surface area contributed by atoms with E-state index >= 15 is 0 Å². The van der Waals surface area contributed by atoms with Crippen molar-refractivity contribution in [3.05, 3.63) is 59.9 Å². The third-order valence-electron chi connectivity index (χ3n) is 5.46. The fraction of sp³-hybridized carbons (Fsp3) is 0.333. The number of carbonyl (C=O) groups is 1. The van der Waals surface area contributed by atoms with Crippen LogP contribution in [0.15, 0.2) is 57.9 Å². The lowest BCUT2D eigenvalue weighted by molar-refractivity contribution is -0.114. The van der Waals surface area contributed by atoms with E-state index < -0.39 is 10.0 Å². The fourth-order valence-corrected chi connectivity index (χ4v) is 5.29. The van der Waals surface area contributed by atoms with E-state index in [1.165, 1.54) is 10.4 Å². The van der Waals surface area contributed by atoms with Crippen molar-refractivity contribution >= 4 is 27.4 Å². The number of hydrogen-bond acceptors (Lipinski definition) is 7. The number of anilines is 2. The van der Waals surface area contributed by atoms with Crippen LogP contribution < -0.4 is 15.4 Å². The summed E-state index contributed by atoms with van der Waals surface area (Å²) in [6, 6.07) is 13.8. The molecule has 3 aromatic rings. The summed E-state index contributed by atoms with van der Waals surface area (Å²) in [6.07, 6.45) is 2.73. The van der Waals surface area contributed by atoms with Gasteiger partial charge in [-0.2, -0.15) is 4.31 Å². The summed E-state index contributed by atoms with van der Waals surface area (Å²) in [5, 5.41) is 9.39. The van der Waals surface area contributed by atoms with Crippen molar-refractivity contribution in [3.63, 3.8) is 0 Å². The highest BCUT2D eigenvalue weighted by molar-refractivity contribution is 7.89. The zero-order chi connectivity index (χ0) is 24.1. The van der Waals surface area contributed by atoms with Crippen molar-refractivity contribution < 1.29 is 22.5 Å². The van der Waals surface area contributed by atoms with Gasteiger partial charge in [0.2, 0.25) is 15.9 Å². The summed E-state index contributed by atoms with van der Waals surface area (Å²) in [6.45, 7) is 4.57. The highest BCUT2D eigenvalue weighted by Crippen LogP contribution is 2.33. The van der Waals surface area contributed by atoms with E-state index in [2.05, 4.69) is 15.8 Å². The van der Waals surface area contributed by atoms with Crippen molar-refractivity contribution in [2.24, 2.45) is 0 Å². The van der Waals surface area contributed by atoms with E-state index in [4.69, 9.17) is 9.26 Å². The summed E-state index contributed by atoms with van der Waals surface area (Å²) >= 11 is 0. The summed E-state index contributed by atoms with van der Waals surface area (Å²) in [4.78, 5) is 12.6. The van der Waals surface area contributed by atoms with E-state index in [0.717, 1.165) is 24.8 Å². The van der Waals surface area contributed by atoms with Gasteiger partial charge in [0.15, 0.2) is 11.6 Å². The van der Waals surface area contributed by atoms with Gasteiger partial charge in [0.1, 0.15) is 11.5 Å². The van der Waals surface area contributed by atoms with Gasteiger partial charge in [0.25, 0.3) is 0 Å². The standard InChI is InChI=1S/C24H28N4O5S/c1-17-7-6-8-19(13-17)32-22-10-9-20(34(30,31)28-11-4-3-5-12-28)15-21(22)25-16-24(29)26-23-14-18(2)33-27-23/h6-10,13-15,25H,3-5,11-12,16H2,1-2H3,(H,26,27,29). The quantitative estimate of drug-likeness (QED) is 0.490. The van der Waals surface area contributed by atoms with Gasteiger partial charge in [-0.25, -0.2) is 8.42 Å². The van der Waals surface area contributed by atoms with E-state index in [1.54, 1.807) is 25.1 Å². The normalized spacial score (nSPS) is 14.5. The van der Waals surface area contributed by atoms with Gasteiger partial charge in [-0.15, -0.1) is 0 Å². The Labute approximate surface area is 199 Å². The smallest absolute Gasteiger partial charge is 0.244 e. The van der Waals surface area contributed by atoms with Crippen LogP contribution in [0.25, 0.3) is 0 Å². The molecular formula is C24H28N4O5S. The Morgan fingerprint density at radius 1 is 1.09 bits per heavy atom. The van der Waals surface area contributed by atoms with Crippen LogP contribution in [0, 0.1) is 13.8 Å². The molecule has 0 atom stereocenters. The molecule has 2 aromatic carbocycles. The summed E-state index contributed by atoms with van der Waals surface area (Å²) in [7, 11) is -3.65. The number of nitrogens with zero attached hydrogens (tertiary/aromatic N) is 2. The Kier molecular flexibility index (Phi) is 7.18. The van der Waals surface area contributed by atoms with Crippen LogP contribution in [-0.2, 0) is 14.8 Å². The predicted molar refractivity (Wildman–Crippen MR) is 129 cm³/mol. The van der Waals surface area contributed by atoms with Crippen LogP contribution >= 0.6 is 0 Å². The second-order valence-corrected chi connectivity index (χ2v) is 10.2. The summed E-state index contributed by atoms with van der Waals surface area (Å²) in [5.74, 6) is 1.54. The number of aryl methyl sites for hydroxylation is 2. The number of piperidine rings is 1. The minimum atomic E-state index is -3.65. The molecule has 0 radical (unpaired) electrons. The van der Waals surface area contributed by atoms with Crippen LogP contribution in [0.4, 0.5) is 11.5 Å². The molecule has 180 valence electrons. The number of sulfonamides is 1. The summed E-state index contributed by atoms with van der Waals surface area (Å²) in [5.41, 5.74) is 1.42. The van der Waals surface area contributed by atoms with Crippen LogP contribution in [-0.4, -0.2) is 43.4 Å². The van der Waals surface area contributed by atoms with Crippen molar-refractivity contribution in [1.82, 2.24) is 9.46 Å². The number of amides is 1. The van der Waals surface area contributed by atoms with Crippen molar-refractivity contribution in [2.75, 3.05) is 30.3 Å². The van der Waals surface area contributed by atoms with E-state index in [1.807, 2.05) is 31.2 Å². The van der Waals surface area contributed by atoms with Crippen molar-refractivity contribution in [1.29, 1.82) is 0 Å². The number of aromatic nitrogens is 1. The van der Waals surface area contributed by atoms with Crippen molar-refractivity contribution in [2.45, 2.75) is 38.0 Å². The van der Waals surface area contributed by atoms with Gasteiger partial charge in [0.05, 0.1) is 17.1 Å². The molecule has 2 N–H and O–H groups in total. The molecule has 1 fully saturated rings. The lowest BCUT2D eigenvalue weighted by Crippen LogP contribution is -2.35. The molecule has 2 heterocycles. The first kappa shape index (κ1) is 23.8. The number of hydrogen-bond donors (Lipinski definition) is 2. The molecule has 34 heavy (non-hydrogen) atoms. The molecule has 0 spiro atoms. The molecule has 1 amide bonds. The molecule has 4 rings (SSSR count). The molecule has 0 unspecified atom stereocenters. The Morgan fingerprint density at radius 3 is 2.59 bits per heavy atom. The zero-order valence-corrected chi connectivity index (χ0v) is 20.0. The van der Waals surface area contributed by atoms with Gasteiger partial charge < -0.3 is 19.9 Å². The first-order valence-corrected chi connectivity index (χ1v) is 12.6. The molecule has 1 aliphatic heterocycles. The van der Waals surface area contributed by atoms with Gasteiger partial charge in [-0.05, 0) is 62.6 Å².